The Morgan fingerprint density at radius 2 is 1.94 bits per heavy atom. The van der Waals surface area contributed by atoms with E-state index < -0.39 is 26.6 Å². The van der Waals surface area contributed by atoms with Crippen molar-refractivity contribution < 1.29 is 17.2 Å². The first kappa shape index (κ1) is 14.1. The Hall–Kier alpha value is -0.920. The van der Waals surface area contributed by atoms with E-state index in [1.807, 2.05) is 0 Å². The highest BCUT2D eigenvalue weighted by Gasteiger charge is 2.20. The van der Waals surface area contributed by atoms with Crippen LogP contribution in [0.4, 0.5) is 9.57 Å². The number of rotatable bonds is 4. The first-order chi connectivity index (χ1) is 7.72. The number of nitro groups is 1. The van der Waals surface area contributed by atoms with Crippen molar-refractivity contribution in [1.29, 1.82) is 0 Å². The van der Waals surface area contributed by atoms with E-state index in [2.05, 4.69) is 0 Å². The number of hydrogen-bond donors (Lipinski definition) is 0. The minimum atomic E-state index is -4.68. The molecule has 0 saturated carbocycles. The second kappa shape index (κ2) is 5.16. The summed E-state index contributed by atoms with van der Waals surface area (Å²) in [5.74, 6) is -0.826. The fourth-order valence-corrected chi connectivity index (χ4v) is 2.26. The maximum atomic E-state index is 12.3. The zero-order valence-electron chi connectivity index (χ0n) is 8.19. The summed E-state index contributed by atoms with van der Waals surface area (Å²) in [6, 6.07) is 2.31. The normalized spacial score (nSPS) is 11.5. The number of nitrogens with zero attached hydrogens (tertiary/aromatic N) is 1. The molecule has 9 heteroatoms. The van der Waals surface area contributed by atoms with Crippen LogP contribution in [0.5, 0.6) is 0 Å². The molecule has 0 aliphatic rings. The van der Waals surface area contributed by atoms with E-state index in [1.54, 1.807) is 0 Å². The molecule has 0 spiro atoms. The molecule has 0 aromatic heterocycles. The van der Waals surface area contributed by atoms with E-state index >= 15 is 0 Å². The van der Waals surface area contributed by atoms with Crippen LogP contribution < -0.4 is 0 Å². The molecule has 0 unspecified atom stereocenters. The van der Waals surface area contributed by atoms with Crippen LogP contribution in [0.25, 0.3) is 0 Å². The number of benzene rings is 1. The van der Waals surface area contributed by atoms with E-state index in [-0.39, 0.29) is 22.0 Å². The van der Waals surface area contributed by atoms with Gasteiger partial charge in [-0.05, 0) is 18.1 Å². The maximum Gasteiger partial charge on any atom is 0.302 e. The maximum absolute atomic E-state index is 12.3. The lowest BCUT2D eigenvalue weighted by atomic mass is 10.1. The SMILES string of the molecule is O=[N+]([O-])c1ccc(Cl)c(CCS(=O)(=O)F)c1Cl. The smallest absolute Gasteiger partial charge is 0.258 e. The van der Waals surface area contributed by atoms with Gasteiger partial charge < -0.3 is 0 Å². The Morgan fingerprint density at radius 3 is 2.41 bits per heavy atom. The third-order valence-corrected chi connectivity index (χ3v) is 3.43. The minimum Gasteiger partial charge on any atom is -0.258 e. The van der Waals surface area contributed by atoms with E-state index in [9.17, 15) is 22.4 Å². The lowest BCUT2D eigenvalue weighted by molar-refractivity contribution is -0.384. The first-order valence-electron chi connectivity index (χ1n) is 4.26. The number of hydrogen-bond acceptors (Lipinski definition) is 4. The summed E-state index contributed by atoms with van der Waals surface area (Å²) in [6.45, 7) is 0. The van der Waals surface area contributed by atoms with Crippen molar-refractivity contribution in [3.8, 4) is 0 Å². The molecule has 1 aromatic rings. The Morgan fingerprint density at radius 1 is 1.35 bits per heavy atom. The summed E-state index contributed by atoms with van der Waals surface area (Å²) >= 11 is 11.4. The lowest BCUT2D eigenvalue weighted by Crippen LogP contribution is -2.04. The van der Waals surface area contributed by atoms with Gasteiger partial charge in [0.15, 0.2) is 0 Å². The number of halogens is 3. The number of nitro benzene ring substituents is 1. The molecule has 1 aromatic carbocycles. The molecule has 94 valence electrons. The summed E-state index contributed by atoms with van der Waals surface area (Å²) in [7, 11) is -4.68. The molecule has 17 heavy (non-hydrogen) atoms. The zero-order chi connectivity index (χ0) is 13.2. The van der Waals surface area contributed by atoms with E-state index in [4.69, 9.17) is 23.2 Å². The van der Waals surface area contributed by atoms with Crippen LogP contribution in [-0.4, -0.2) is 19.1 Å². The highest BCUT2D eigenvalue weighted by atomic mass is 35.5. The van der Waals surface area contributed by atoms with Gasteiger partial charge in [0.2, 0.25) is 0 Å². The summed E-state index contributed by atoms with van der Waals surface area (Å²) in [5, 5.41) is 10.4. The third kappa shape index (κ3) is 3.79. The van der Waals surface area contributed by atoms with Crippen LogP contribution in [0.15, 0.2) is 12.1 Å². The van der Waals surface area contributed by atoms with E-state index in [0.717, 1.165) is 6.07 Å². The Labute approximate surface area is 107 Å². The van der Waals surface area contributed by atoms with Gasteiger partial charge in [-0.2, -0.15) is 8.42 Å². The molecule has 0 fully saturated rings. The van der Waals surface area contributed by atoms with E-state index in [0.29, 0.717) is 0 Å². The van der Waals surface area contributed by atoms with Gasteiger partial charge in [-0.25, -0.2) is 0 Å². The molecular weight excluding hydrogens is 296 g/mol. The summed E-state index contributed by atoms with van der Waals surface area (Å²) in [6.07, 6.45) is -0.321. The average Bonchev–Trinajstić information content (AvgIpc) is 2.14. The molecule has 0 radical (unpaired) electrons. The molecule has 0 N–H and O–H groups in total. The van der Waals surface area contributed by atoms with Crippen molar-refractivity contribution >= 4 is 39.1 Å². The summed E-state index contributed by atoms with van der Waals surface area (Å²) < 4.78 is 33.1. The third-order valence-electron chi connectivity index (χ3n) is 1.96. The second-order valence-corrected chi connectivity index (χ2v) is 5.38. The first-order valence-corrected chi connectivity index (χ1v) is 6.57. The largest absolute Gasteiger partial charge is 0.302 e. The molecular formula is C8H6Cl2FNO4S. The van der Waals surface area contributed by atoms with Gasteiger partial charge in [0.1, 0.15) is 5.02 Å². The molecule has 0 bridgehead atoms. The van der Waals surface area contributed by atoms with Crippen molar-refractivity contribution in [3.05, 3.63) is 37.9 Å². The molecule has 0 amide bonds. The minimum absolute atomic E-state index is 0.0451. The van der Waals surface area contributed by atoms with Crippen molar-refractivity contribution in [3.63, 3.8) is 0 Å². The second-order valence-electron chi connectivity index (χ2n) is 3.11. The molecule has 0 heterocycles. The topological polar surface area (TPSA) is 77.3 Å². The Balaban J connectivity index is 3.14. The Kier molecular flexibility index (Phi) is 4.29. The van der Waals surface area contributed by atoms with Crippen LogP contribution in [-0.2, 0) is 16.6 Å². The fraction of sp³-hybridized carbons (Fsp3) is 0.250. The van der Waals surface area contributed by atoms with Crippen LogP contribution in [0.3, 0.4) is 0 Å². The van der Waals surface area contributed by atoms with Gasteiger partial charge in [-0.15, -0.1) is 3.89 Å². The molecule has 0 aliphatic carbocycles. The van der Waals surface area contributed by atoms with E-state index in [1.165, 1.54) is 6.07 Å². The van der Waals surface area contributed by atoms with Gasteiger partial charge in [-0.1, -0.05) is 23.2 Å². The quantitative estimate of drug-likeness (QED) is 0.487. The Bertz CT molecular complexity index is 561. The lowest BCUT2D eigenvalue weighted by Gasteiger charge is -2.05. The predicted molar refractivity (Wildman–Crippen MR) is 61.7 cm³/mol. The van der Waals surface area contributed by atoms with Gasteiger partial charge in [0.25, 0.3) is 5.69 Å². The molecule has 0 aliphatic heterocycles. The van der Waals surface area contributed by atoms with Crippen LogP contribution in [0, 0.1) is 10.1 Å². The van der Waals surface area contributed by atoms with Gasteiger partial charge in [0.05, 0.1) is 10.7 Å². The van der Waals surface area contributed by atoms with Crippen molar-refractivity contribution in [2.45, 2.75) is 6.42 Å². The van der Waals surface area contributed by atoms with Gasteiger partial charge >= 0.3 is 10.2 Å². The summed E-state index contributed by atoms with van der Waals surface area (Å²) in [5.41, 5.74) is -0.355. The van der Waals surface area contributed by atoms with Gasteiger partial charge in [-0.3, -0.25) is 10.1 Å². The van der Waals surface area contributed by atoms with Crippen molar-refractivity contribution in [2.24, 2.45) is 0 Å². The van der Waals surface area contributed by atoms with Crippen LogP contribution in [0.2, 0.25) is 10.0 Å². The van der Waals surface area contributed by atoms with Crippen molar-refractivity contribution in [2.75, 3.05) is 5.75 Å². The predicted octanol–water partition coefficient (Wildman–Crippen LogP) is 2.74. The standard InChI is InChI=1S/C8H6Cl2FNO4S/c9-6-1-2-7(12(13)14)8(10)5(6)3-4-17(11,15)16/h1-2H,3-4H2. The highest BCUT2D eigenvalue weighted by molar-refractivity contribution is 7.86. The molecule has 1 rings (SSSR count). The van der Waals surface area contributed by atoms with Crippen LogP contribution in [0.1, 0.15) is 5.56 Å². The molecule has 0 atom stereocenters. The van der Waals surface area contributed by atoms with Gasteiger partial charge in [0, 0.05) is 11.1 Å². The molecule has 5 nitrogen and oxygen atoms in total. The zero-order valence-corrected chi connectivity index (χ0v) is 10.5. The monoisotopic (exact) mass is 301 g/mol. The fourth-order valence-electron chi connectivity index (χ4n) is 1.18. The summed E-state index contributed by atoms with van der Waals surface area (Å²) in [4.78, 5) is 9.84. The average molecular weight is 302 g/mol. The molecule has 0 saturated heterocycles. The van der Waals surface area contributed by atoms with Crippen LogP contribution >= 0.6 is 23.2 Å². The van der Waals surface area contributed by atoms with Crippen molar-refractivity contribution in [1.82, 2.24) is 0 Å². The highest BCUT2D eigenvalue weighted by Crippen LogP contribution is 2.33.